The van der Waals surface area contributed by atoms with Crippen molar-refractivity contribution in [3.63, 3.8) is 0 Å². The predicted molar refractivity (Wildman–Crippen MR) is 151 cm³/mol. The van der Waals surface area contributed by atoms with Crippen molar-refractivity contribution in [1.82, 2.24) is 9.88 Å². The van der Waals surface area contributed by atoms with E-state index in [9.17, 15) is 27.6 Å². The van der Waals surface area contributed by atoms with E-state index in [0.717, 1.165) is 4.90 Å². The highest BCUT2D eigenvalue weighted by molar-refractivity contribution is 6.39. The molecule has 1 saturated carbocycles. The average Bonchev–Trinajstić information content (AvgIpc) is 3.25. The largest absolute Gasteiger partial charge is 0.466 e. The highest BCUT2D eigenvalue weighted by Gasteiger charge is 2.43. The second-order valence-electron chi connectivity index (χ2n) is 10.9. The van der Waals surface area contributed by atoms with Crippen LogP contribution in [0.5, 0.6) is 0 Å². The summed E-state index contributed by atoms with van der Waals surface area (Å²) < 4.78 is 54.1. The van der Waals surface area contributed by atoms with E-state index in [0.29, 0.717) is 31.9 Å². The van der Waals surface area contributed by atoms with Crippen LogP contribution in [0.4, 0.5) is 13.2 Å². The van der Waals surface area contributed by atoms with Gasteiger partial charge in [-0.1, -0.05) is 23.2 Å². The molecule has 9 nitrogen and oxygen atoms in total. The number of Topliss-reactive ketones (excluding diaryl/α,β-unsaturated/α-hetero) is 1. The number of aromatic nitrogens is 1. The molecule has 232 valence electrons. The van der Waals surface area contributed by atoms with E-state index in [2.05, 4.69) is 9.98 Å². The minimum atomic E-state index is -5.03. The van der Waals surface area contributed by atoms with Crippen molar-refractivity contribution in [3.05, 3.63) is 39.8 Å². The van der Waals surface area contributed by atoms with Crippen LogP contribution in [-0.2, 0) is 19.1 Å². The Labute approximate surface area is 252 Å². The van der Waals surface area contributed by atoms with Gasteiger partial charge >= 0.3 is 12.1 Å². The van der Waals surface area contributed by atoms with Gasteiger partial charge in [0, 0.05) is 25.1 Å². The first-order chi connectivity index (χ1) is 19.7. The number of nitrogens with two attached hydrogens (primary N) is 1. The molecule has 14 heteroatoms. The summed E-state index contributed by atoms with van der Waals surface area (Å²) in [5.74, 6) is -2.64. The molecule has 1 saturated heterocycles. The lowest BCUT2D eigenvalue weighted by atomic mass is 9.86. The monoisotopic (exact) mass is 634 g/mol. The fourth-order valence-electron chi connectivity index (χ4n) is 5.20. The smallest absolute Gasteiger partial charge is 0.433 e. The van der Waals surface area contributed by atoms with Crippen molar-refractivity contribution < 1.29 is 37.0 Å². The van der Waals surface area contributed by atoms with Crippen molar-refractivity contribution in [2.75, 3.05) is 19.7 Å². The number of ether oxygens (including phenoxy) is 2. The maximum absolute atomic E-state index is 14.4. The van der Waals surface area contributed by atoms with Gasteiger partial charge < -0.3 is 20.1 Å². The van der Waals surface area contributed by atoms with Crippen molar-refractivity contribution in [2.45, 2.75) is 83.2 Å². The Morgan fingerprint density at radius 2 is 1.79 bits per heavy atom. The highest BCUT2D eigenvalue weighted by Crippen LogP contribution is 2.33. The number of carbonyl (C=O) groups is 3. The van der Waals surface area contributed by atoms with Gasteiger partial charge in [0.1, 0.15) is 0 Å². The van der Waals surface area contributed by atoms with E-state index in [1.807, 2.05) is 13.8 Å². The Hall–Kier alpha value is -2.70. The van der Waals surface area contributed by atoms with Gasteiger partial charge in [-0.15, -0.1) is 0 Å². The van der Waals surface area contributed by atoms with Crippen LogP contribution in [0.1, 0.15) is 69.7 Å². The molecule has 1 amide bonds. The maximum Gasteiger partial charge on any atom is 0.433 e. The molecule has 0 spiro atoms. The van der Waals surface area contributed by atoms with Crippen LogP contribution in [0.2, 0.25) is 10.0 Å². The number of amides is 1. The third kappa shape index (κ3) is 8.67. The standard InChI is InChI=1S/C28H35Cl2F3N4O5/c1-4-41-26(40)16-5-7-17(8-6-16)36-24(28(31,32)33)19(11-34)25(39)37(14-18-9-10-27(2,3)42-18)15-22(38)23-20(29)12-35-13-21(23)30/h11-13,16-18H,4-10,14-15,34H2,1-3H3/t16?,17?,18-/m1/s1. The van der Waals surface area contributed by atoms with Crippen LogP contribution in [-0.4, -0.2) is 76.9 Å². The average molecular weight is 636 g/mol. The predicted octanol–water partition coefficient (Wildman–Crippen LogP) is 5.33. The van der Waals surface area contributed by atoms with Crippen LogP contribution in [0, 0.1) is 5.92 Å². The van der Waals surface area contributed by atoms with E-state index in [4.69, 9.17) is 38.4 Å². The normalized spacial score (nSPS) is 23.0. The topological polar surface area (TPSA) is 124 Å². The van der Waals surface area contributed by atoms with Gasteiger partial charge in [0.2, 0.25) is 0 Å². The molecule has 2 heterocycles. The van der Waals surface area contributed by atoms with Gasteiger partial charge in [-0.3, -0.25) is 24.4 Å². The van der Waals surface area contributed by atoms with Gasteiger partial charge in [-0.05, 0) is 59.3 Å². The van der Waals surface area contributed by atoms with Crippen LogP contribution in [0.3, 0.4) is 0 Å². The molecule has 1 aliphatic carbocycles. The second kappa shape index (κ2) is 14.2. The summed E-state index contributed by atoms with van der Waals surface area (Å²) in [4.78, 5) is 47.7. The number of hydrogen-bond acceptors (Lipinski definition) is 8. The first-order valence-electron chi connectivity index (χ1n) is 13.7. The molecule has 1 aliphatic heterocycles. The van der Waals surface area contributed by atoms with E-state index in [1.54, 1.807) is 6.92 Å². The zero-order chi connectivity index (χ0) is 31.2. The lowest BCUT2D eigenvalue weighted by Crippen LogP contribution is -2.45. The molecule has 1 aromatic rings. The number of ketones is 1. The number of nitrogens with zero attached hydrogens (tertiary/aromatic N) is 3. The van der Waals surface area contributed by atoms with Crippen molar-refractivity contribution >= 4 is 46.6 Å². The summed E-state index contributed by atoms with van der Waals surface area (Å²) in [5, 5.41) is -0.132. The minimum Gasteiger partial charge on any atom is -0.466 e. The molecule has 0 radical (unpaired) electrons. The third-order valence-electron chi connectivity index (χ3n) is 7.28. The Balaban J connectivity index is 1.90. The molecular formula is C28H35Cl2F3N4O5. The van der Waals surface area contributed by atoms with Crippen molar-refractivity contribution in [3.8, 4) is 0 Å². The van der Waals surface area contributed by atoms with Crippen LogP contribution < -0.4 is 5.73 Å². The van der Waals surface area contributed by atoms with Crippen LogP contribution >= 0.6 is 23.2 Å². The van der Waals surface area contributed by atoms with Crippen molar-refractivity contribution in [1.29, 1.82) is 0 Å². The first-order valence-corrected chi connectivity index (χ1v) is 14.5. The molecule has 0 bridgehead atoms. The van der Waals surface area contributed by atoms with Crippen LogP contribution in [0.15, 0.2) is 29.2 Å². The molecule has 3 rings (SSSR count). The minimum absolute atomic E-state index is 0.0660. The van der Waals surface area contributed by atoms with Gasteiger partial charge in [0.25, 0.3) is 5.91 Å². The number of rotatable bonds is 10. The summed E-state index contributed by atoms with van der Waals surface area (Å²) in [6.45, 7) is 4.78. The van der Waals surface area contributed by atoms with Gasteiger partial charge in [0.15, 0.2) is 11.5 Å². The summed E-state index contributed by atoms with van der Waals surface area (Å²) in [5.41, 5.74) is 2.68. The van der Waals surface area contributed by atoms with Gasteiger partial charge in [0.05, 0.1) is 58.0 Å². The zero-order valence-corrected chi connectivity index (χ0v) is 25.2. The Bertz CT molecular complexity index is 1210. The molecule has 2 fully saturated rings. The number of carbonyl (C=O) groups excluding carboxylic acids is 3. The number of hydrogen-bond donors (Lipinski definition) is 1. The summed E-state index contributed by atoms with van der Waals surface area (Å²) in [7, 11) is 0. The Kier molecular flexibility index (Phi) is 11.4. The number of aliphatic imine (C=N–C) groups is 1. The van der Waals surface area contributed by atoms with Crippen LogP contribution in [0.25, 0.3) is 0 Å². The summed E-state index contributed by atoms with van der Waals surface area (Å²) in [6.07, 6.45) is -0.441. The molecule has 1 aromatic heterocycles. The zero-order valence-electron chi connectivity index (χ0n) is 23.7. The lowest BCUT2D eigenvalue weighted by Gasteiger charge is -2.29. The van der Waals surface area contributed by atoms with Crippen molar-refractivity contribution in [2.24, 2.45) is 16.6 Å². The molecule has 2 N–H and O–H groups in total. The van der Waals surface area contributed by atoms with E-state index in [1.165, 1.54) is 12.4 Å². The van der Waals surface area contributed by atoms with E-state index in [-0.39, 0.29) is 47.6 Å². The molecule has 0 unspecified atom stereocenters. The number of halogens is 5. The fourth-order valence-corrected chi connectivity index (χ4v) is 5.78. The maximum atomic E-state index is 14.4. The quantitative estimate of drug-likeness (QED) is 0.160. The number of alkyl halides is 3. The van der Waals surface area contributed by atoms with Gasteiger partial charge in [-0.25, -0.2) is 0 Å². The van der Waals surface area contributed by atoms with E-state index < -0.39 is 59.4 Å². The molecule has 2 aliphatic rings. The fraction of sp³-hybridized carbons (Fsp3) is 0.607. The Morgan fingerprint density at radius 3 is 2.29 bits per heavy atom. The summed E-state index contributed by atoms with van der Waals surface area (Å²) in [6, 6.07) is -0.793. The molecule has 42 heavy (non-hydrogen) atoms. The lowest BCUT2D eigenvalue weighted by molar-refractivity contribution is -0.149. The van der Waals surface area contributed by atoms with E-state index >= 15 is 0 Å². The first kappa shape index (κ1) is 33.8. The molecule has 1 atom stereocenters. The third-order valence-corrected chi connectivity index (χ3v) is 7.85. The number of pyridine rings is 1. The second-order valence-corrected chi connectivity index (χ2v) is 11.8. The number of esters is 1. The molecular weight excluding hydrogens is 600 g/mol. The SMILES string of the molecule is CCOC(=O)C1CCC(N=C(C(=CN)C(=O)N(CC(=O)c2c(Cl)cncc2Cl)C[C@H]2CCC(C)(C)O2)C(F)(F)F)CC1. The molecule has 0 aromatic carbocycles. The highest BCUT2D eigenvalue weighted by atomic mass is 35.5. The van der Waals surface area contributed by atoms with Gasteiger partial charge in [-0.2, -0.15) is 13.2 Å². The summed E-state index contributed by atoms with van der Waals surface area (Å²) >= 11 is 12.3. The Morgan fingerprint density at radius 1 is 1.17 bits per heavy atom.